The number of carboxylic acid groups (broad SMARTS) is 1. The van der Waals surface area contributed by atoms with Crippen LogP contribution in [0.3, 0.4) is 0 Å². The van der Waals surface area contributed by atoms with E-state index >= 15 is 0 Å². The number of carboxylic acids is 1. The molecule has 1 heterocycles. The molecule has 1 aliphatic rings. The van der Waals surface area contributed by atoms with Crippen molar-refractivity contribution in [1.29, 1.82) is 0 Å². The summed E-state index contributed by atoms with van der Waals surface area (Å²) >= 11 is 0. The highest BCUT2D eigenvalue weighted by Gasteiger charge is 2.38. The van der Waals surface area contributed by atoms with Gasteiger partial charge >= 0.3 is 5.97 Å². The van der Waals surface area contributed by atoms with Gasteiger partial charge in [-0.05, 0) is 30.3 Å². The van der Waals surface area contributed by atoms with Crippen LogP contribution in [0.5, 0.6) is 0 Å². The van der Waals surface area contributed by atoms with E-state index in [4.69, 9.17) is 5.11 Å². The number of rotatable bonds is 3. The normalized spacial score (nSPS) is 13.8. The third-order valence-electron chi connectivity index (χ3n) is 4.51. The molecule has 0 bridgehead atoms. The van der Waals surface area contributed by atoms with Crippen LogP contribution in [0.15, 0.2) is 59.5 Å². The maximum atomic E-state index is 12.9. The summed E-state index contributed by atoms with van der Waals surface area (Å²) in [5.74, 6) is -2.60. The number of hydrogen-bond donors (Lipinski definition) is 2. The highest BCUT2D eigenvalue weighted by atomic mass is 32.2. The Kier molecular flexibility index (Phi) is 3.81. The van der Waals surface area contributed by atoms with Gasteiger partial charge < -0.3 is 5.11 Å². The van der Waals surface area contributed by atoms with Gasteiger partial charge in [0.15, 0.2) is 0 Å². The number of fused-ring (bicyclic) bond motifs is 2. The molecule has 3 aromatic carbocycles. The molecule has 8 nitrogen and oxygen atoms in total. The Morgan fingerprint density at radius 3 is 2.14 bits per heavy atom. The summed E-state index contributed by atoms with van der Waals surface area (Å²) in [5.41, 5.74) is 0.00480. The summed E-state index contributed by atoms with van der Waals surface area (Å²) in [6.07, 6.45) is 0. The van der Waals surface area contributed by atoms with Crippen LogP contribution < -0.4 is 4.90 Å². The Balaban J connectivity index is 1.94. The van der Waals surface area contributed by atoms with E-state index in [0.717, 1.165) is 17.0 Å². The molecule has 0 aromatic heterocycles. The molecule has 0 fully saturated rings. The molecule has 3 aromatic rings. The van der Waals surface area contributed by atoms with Crippen molar-refractivity contribution in [1.82, 2.24) is 0 Å². The zero-order valence-corrected chi connectivity index (χ0v) is 14.8. The molecule has 0 radical (unpaired) electrons. The molecule has 0 unspecified atom stereocenters. The molecule has 1 aliphatic heterocycles. The van der Waals surface area contributed by atoms with Crippen molar-refractivity contribution in [3.63, 3.8) is 0 Å². The average molecular weight is 397 g/mol. The number of benzene rings is 3. The van der Waals surface area contributed by atoms with Gasteiger partial charge in [0.05, 0.1) is 22.4 Å². The van der Waals surface area contributed by atoms with E-state index < -0.39 is 27.9 Å². The quantitative estimate of drug-likeness (QED) is 0.513. The minimum Gasteiger partial charge on any atom is -0.478 e. The van der Waals surface area contributed by atoms with Crippen molar-refractivity contribution >= 4 is 44.4 Å². The molecule has 0 atom stereocenters. The number of aromatic carboxylic acids is 1. The molecule has 140 valence electrons. The van der Waals surface area contributed by atoms with Gasteiger partial charge in [-0.3, -0.25) is 14.1 Å². The molecular weight excluding hydrogens is 386 g/mol. The maximum absolute atomic E-state index is 12.9. The van der Waals surface area contributed by atoms with E-state index in [0.29, 0.717) is 0 Å². The van der Waals surface area contributed by atoms with Crippen LogP contribution in [0, 0.1) is 0 Å². The standard InChI is InChI=1S/C19H11NO7S/c21-17-13-6-5-10(19(23)24)9-14(13)18(22)20(17)15-7-8-16(28(25,26)27)12-4-2-1-3-11(12)15/h1-9H,(H,23,24)(H,25,26,27). The maximum Gasteiger partial charge on any atom is 0.335 e. The first-order valence-electron chi connectivity index (χ1n) is 7.95. The second kappa shape index (κ2) is 5.98. The molecule has 0 saturated carbocycles. The van der Waals surface area contributed by atoms with E-state index in [1.807, 2.05) is 0 Å². The molecule has 9 heteroatoms. The summed E-state index contributed by atoms with van der Waals surface area (Å²) in [4.78, 5) is 37.3. The van der Waals surface area contributed by atoms with Crippen molar-refractivity contribution in [3.8, 4) is 0 Å². The summed E-state index contributed by atoms with van der Waals surface area (Å²) in [6.45, 7) is 0. The van der Waals surface area contributed by atoms with E-state index in [9.17, 15) is 27.4 Å². The van der Waals surface area contributed by atoms with Gasteiger partial charge in [0.25, 0.3) is 21.9 Å². The van der Waals surface area contributed by atoms with Gasteiger partial charge in [0, 0.05) is 10.8 Å². The second-order valence-corrected chi connectivity index (χ2v) is 7.50. The number of hydrogen-bond acceptors (Lipinski definition) is 5. The zero-order valence-electron chi connectivity index (χ0n) is 14.0. The lowest BCUT2D eigenvalue weighted by atomic mass is 10.1. The van der Waals surface area contributed by atoms with Crippen LogP contribution in [0.4, 0.5) is 5.69 Å². The van der Waals surface area contributed by atoms with E-state index in [1.165, 1.54) is 30.3 Å². The lowest BCUT2D eigenvalue weighted by molar-refractivity contribution is 0.0696. The second-order valence-electron chi connectivity index (χ2n) is 6.11. The Morgan fingerprint density at radius 2 is 1.50 bits per heavy atom. The highest BCUT2D eigenvalue weighted by molar-refractivity contribution is 7.86. The minimum atomic E-state index is -4.52. The van der Waals surface area contributed by atoms with E-state index in [-0.39, 0.29) is 38.0 Å². The fourth-order valence-electron chi connectivity index (χ4n) is 3.27. The molecule has 4 rings (SSSR count). The van der Waals surface area contributed by atoms with Crippen molar-refractivity contribution in [2.24, 2.45) is 0 Å². The molecule has 28 heavy (non-hydrogen) atoms. The molecular formula is C19H11NO7S. The summed E-state index contributed by atoms with van der Waals surface area (Å²) < 4.78 is 32.7. The highest BCUT2D eigenvalue weighted by Crippen LogP contribution is 2.36. The Hall–Kier alpha value is -3.56. The fourth-order valence-corrected chi connectivity index (χ4v) is 3.96. The van der Waals surface area contributed by atoms with Crippen LogP contribution in [-0.2, 0) is 10.1 Å². The van der Waals surface area contributed by atoms with Gasteiger partial charge in [0.1, 0.15) is 4.90 Å². The number of carbonyl (C=O) groups is 3. The van der Waals surface area contributed by atoms with Crippen molar-refractivity contribution in [2.45, 2.75) is 4.90 Å². The Morgan fingerprint density at radius 1 is 0.857 bits per heavy atom. The van der Waals surface area contributed by atoms with E-state index in [2.05, 4.69) is 0 Å². The van der Waals surface area contributed by atoms with Crippen molar-refractivity contribution < 1.29 is 32.5 Å². The number of anilines is 1. The fraction of sp³-hybridized carbons (Fsp3) is 0. The predicted molar refractivity (Wildman–Crippen MR) is 98.3 cm³/mol. The van der Waals surface area contributed by atoms with Crippen LogP contribution in [0.1, 0.15) is 31.1 Å². The number of amides is 2. The Labute approximate surface area is 158 Å². The third kappa shape index (κ3) is 2.56. The number of nitrogens with zero attached hydrogens (tertiary/aromatic N) is 1. The summed E-state index contributed by atoms with van der Waals surface area (Å²) in [5, 5.41) is 9.52. The predicted octanol–water partition coefficient (Wildman–Crippen LogP) is 2.59. The topological polar surface area (TPSA) is 129 Å². The van der Waals surface area contributed by atoms with Gasteiger partial charge in [0.2, 0.25) is 0 Å². The monoisotopic (exact) mass is 397 g/mol. The molecule has 0 saturated heterocycles. The minimum absolute atomic E-state index is 0.0483. The van der Waals surface area contributed by atoms with Gasteiger partial charge in [-0.15, -0.1) is 0 Å². The molecule has 2 amide bonds. The first-order chi connectivity index (χ1) is 13.2. The van der Waals surface area contributed by atoms with Crippen LogP contribution >= 0.6 is 0 Å². The van der Waals surface area contributed by atoms with Crippen LogP contribution in [0.25, 0.3) is 10.8 Å². The smallest absolute Gasteiger partial charge is 0.335 e. The van der Waals surface area contributed by atoms with Crippen molar-refractivity contribution in [2.75, 3.05) is 4.90 Å². The van der Waals surface area contributed by atoms with Gasteiger partial charge in [-0.1, -0.05) is 24.3 Å². The average Bonchev–Trinajstić information content (AvgIpc) is 2.90. The van der Waals surface area contributed by atoms with E-state index in [1.54, 1.807) is 12.1 Å². The molecule has 0 aliphatic carbocycles. The summed E-state index contributed by atoms with van der Waals surface area (Å²) in [7, 11) is -4.52. The number of imide groups is 1. The van der Waals surface area contributed by atoms with Crippen LogP contribution in [0.2, 0.25) is 0 Å². The number of carbonyl (C=O) groups excluding carboxylic acids is 2. The first-order valence-corrected chi connectivity index (χ1v) is 9.39. The third-order valence-corrected chi connectivity index (χ3v) is 5.43. The lowest BCUT2D eigenvalue weighted by Gasteiger charge is -2.17. The van der Waals surface area contributed by atoms with Crippen LogP contribution in [-0.4, -0.2) is 35.9 Å². The van der Waals surface area contributed by atoms with Crippen molar-refractivity contribution in [3.05, 3.63) is 71.3 Å². The lowest BCUT2D eigenvalue weighted by Crippen LogP contribution is -2.29. The molecule has 2 N–H and O–H groups in total. The molecule has 0 spiro atoms. The largest absolute Gasteiger partial charge is 0.478 e. The SMILES string of the molecule is O=C(O)c1ccc2c(c1)C(=O)N(c1ccc(S(=O)(=O)O)c3ccccc13)C2=O. The Bertz CT molecular complexity index is 1310. The van der Waals surface area contributed by atoms with Gasteiger partial charge in [-0.25, -0.2) is 9.69 Å². The summed E-state index contributed by atoms with van der Waals surface area (Å²) in [6, 6.07) is 12.1. The first kappa shape index (κ1) is 17.8. The van der Waals surface area contributed by atoms with Gasteiger partial charge in [-0.2, -0.15) is 8.42 Å². The zero-order chi connectivity index (χ0) is 20.2.